The molecule has 0 radical (unpaired) electrons. The number of imidazole rings is 1. The summed E-state index contributed by atoms with van der Waals surface area (Å²) in [5, 5.41) is 6.08. The van der Waals surface area contributed by atoms with Crippen molar-refractivity contribution in [1.82, 2.24) is 20.2 Å². The molecule has 1 amide bonds. The monoisotopic (exact) mass is 288 g/mol. The number of fused-ring (bicyclic) bond motifs is 1. The van der Waals surface area contributed by atoms with Gasteiger partial charge in [-0.3, -0.25) is 4.79 Å². The van der Waals surface area contributed by atoms with Gasteiger partial charge in [0.15, 0.2) is 0 Å². The number of rotatable bonds is 4. The minimum atomic E-state index is -0.237. The molecular formula is C15H20N4O2. The van der Waals surface area contributed by atoms with Crippen LogP contribution in [0.15, 0.2) is 24.3 Å². The fraction of sp³-hybridized carbons (Fsp3) is 0.467. The molecule has 2 heterocycles. The molecule has 6 nitrogen and oxygen atoms in total. The van der Waals surface area contributed by atoms with E-state index in [1.165, 1.54) is 0 Å². The SMILES string of the molecule is Cn1c(CCNC(=O)[C@H]2COCCN2)nc2ccccc21. The molecule has 1 fully saturated rings. The summed E-state index contributed by atoms with van der Waals surface area (Å²) in [6.07, 6.45) is 0.713. The zero-order chi connectivity index (χ0) is 14.7. The molecule has 2 N–H and O–H groups in total. The molecule has 1 aromatic heterocycles. The molecule has 0 spiro atoms. The lowest BCUT2D eigenvalue weighted by molar-refractivity contribution is -0.125. The molecule has 0 saturated carbocycles. The fourth-order valence-electron chi connectivity index (χ4n) is 2.57. The van der Waals surface area contributed by atoms with Crippen molar-refractivity contribution in [2.75, 3.05) is 26.3 Å². The Kier molecular flexibility index (Phi) is 4.17. The van der Waals surface area contributed by atoms with Gasteiger partial charge in [0.1, 0.15) is 11.9 Å². The lowest BCUT2D eigenvalue weighted by atomic mass is 10.2. The van der Waals surface area contributed by atoms with Gasteiger partial charge in [0.2, 0.25) is 5.91 Å². The molecule has 112 valence electrons. The van der Waals surface area contributed by atoms with Gasteiger partial charge in [-0.1, -0.05) is 12.1 Å². The summed E-state index contributed by atoms with van der Waals surface area (Å²) >= 11 is 0. The first-order chi connectivity index (χ1) is 10.3. The van der Waals surface area contributed by atoms with Crippen LogP contribution in [0.3, 0.4) is 0 Å². The molecule has 2 aromatic rings. The Morgan fingerprint density at radius 1 is 1.52 bits per heavy atom. The molecule has 0 unspecified atom stereocenters. The largest absolute Gasteiger partial charge is 0.378 e. The summed E-state index contributed by atoms with van der Waals surface area (Å²) in [7, 11) is 2.00. The average molecular weight is 288 g/mol. The van der Waals surface area contributed by atoms with Crippen molar-refractivity contribution in [1.29, 1.82) is 0 Å². The molecule has 6 heteroatoms. The number of carbonyl (C=O) groups is 1. The quantitative estimate of drug-likeness (QED) is 0.844. The molecule has 3 rings (SSSR count). The van der Waals surface area contributed by atoms with E-state index in [0.29, 0.717) is 26.2 Å². The zero-order valence-corrected chi connectivity index (χ0v) is 12.1. The molecule has 1 atom stereocenters. The average Bonchev–Trinajstić information content (AvgIpc) is 2.85. The number of morpholine rings is 1. The third-order valence-electron chi connectivity index (χ3n) is 3.77. The molecule has 0 bridgehead atoms. The topological polar surface area (TPSA) is 68.2 Å². The van der Waals surface area contributed by atoms with Gasteiger partial charge >= 0.3 is 0 Å². The Hall–Kier alpha value is -1.92. The molecule has 1 aromatic carbocycles. The first kappa shape index (κ1) is 14.0. The second-order valence-corrected chi connectivity index (χ2v) is 5.20. The van der Waals surface area contributed by atoms with Crippen LogP contribution in [0.1, 0.15) is 5.82 Å². The lowest BCUT2D eigenvalue weighted by Crippen LogP contribution is -2.51. The van der Waals surface area contributed by atoms with Crippen molar-refractivity contribution in [3.05, 3.63) is 30.1 Å². The standard InChI is InChI=1S/C15H20N4O2/c1-19-13-5-3-2-4-11(13)18-14(19)6-7-17-15(20)12-10-21-9-8-16-12/h2-5,12,16H,6-10H2,1H3,(H,17,20)/t12-/m1/s1. The number of para-hydroxylation sites is 2. The van der Waals surface area contributed by atoms with Gasteiger partial charge in [-0.2, -0.15) is 0 Å². The maximum absolute atomic E-state index is 12.0. The van der Waals surface area contributed by atoms with E-state index in [9.17, 15) is 4.79 Å². The van der Waals surface area contributed by atoms with E-state index in [0.717, 1.165) is 23.4 Å². The van der Waals surface area contributed by atoms with Crippen molar-refractivity contribution in [3.63, 3.8) is 0 Å². The molecule has 1 aliphatic rings. The highest BCUT2D eigenvalue weighted by molar-refractivity contribution is 5.82. The smallest absolute Gasteiger partial charge is 0.239 e. The van der Waals surface area contributed by atoms with Crippen LogP contribution in [0, 0.1) is 0 Å². The number of benzene rings is 1. The number of nitrogens with zero attached hydrogens (tertiary/aromatic N) is 2. The Bertz CT molecular complexity index is 632. The highest BCUT2D eigenvalue weighted by Gasteiger charge is 2.20. The number of hydrogen-bond acceptors (Lipinski definition) is 4. The number of nitrogens with one attached hydrogen (secondary N) is 2. The summed E-state index contributed by atoms with van der Waals surface area (Å²) in [4.78, 5) is 16.6. The Balaban J connectivity index is 1.56. The van der Waals surface area contributed by atoms with Crippen LogP contribution in [0.5, 0.6) is 0 Å². The highest BCUT2D eigenvalue weighted by atomic mass is 16.5. The summed E-state index contributed by atoms with van der Waals surface area (Å²) in [6.45, 7) is 2.42. The lowest BCUT2D eigenvalue weighted by Gasteiger charge is -2.22. The Morgan fingerprint density at radius 3 is 3.14 bits per heavy atom. The number of hydrogen-bond donors (Lipinski definition) is 2. The number of aromatic nitrogens is 2. The number of carbonyl (C=O) groups excluding carboxylic acids is 1. The maximum Gasteiger partial charge on any atom is 0.239 e. The van der Waals surface area contributed by atoms with Gasteiger partial charge in [0.25, 0.3) is 0 Å². The van der Waals surface area contributed by atoms with E-state index < -0.39 is 0 Å². The summed E-state index contributed by atoms with van der Waals surface area (Å²) in [5.41, 5.74) is 2.10. The third-order valence-corrected chi connectivity index (χ3v) is 3.77. The molecular weight excluding hydrogens is 268 g/mol. The van der Waals surface area contributed by atoms with Crippen LogP contribution in [0.2, 0.25) is 0 Å². The van der Waals surface area contributed by atoms with Gasteiger partial charge in [0.05, 0.1) is 24.2 Å². The van der Waals surface area contributed by atoms with Crippen LogP contribution >= 0.6 is 0 Å². The van der Waals surface area contributed by atoms with Crippen molar-refractivity contribution in [3.8, 4) is 0 Å². The second kappa shape index (κ2) is 6.24. The minimum Gasteiger partial charge on any atom is -0.378 e. The maximum atomic E-state index is 12.0. The molecule has 0 aliphatic carbocycles. The fourth-order valence-corrected chi connectivity index (χ4v) is 2.57. The predicted molar refractivity (Wildman–Crippen MR) is 80.0 cm³/mol. The van der Waals surface area contributed by atoms with Crippen molar-refractivity contribution >= 4 is 16.9 Å². The Morgan fingerprint density at radius 2 is 2.38 bits per heavy atom. The van der Waals surface area contributed by atoms with Crippen LogP contribution in [-0.4, -0.2) is 47.8 Å². The molecule has 21 heavy (non-hydrogen) atoms. The molecule has 1 saturated heterocycles. The van der Waals surface area contributed by atoms with E-state index >= 15 is 0 Å². The van der Waals surface area contributed by atoms with Crippen LogP contribution in [0.25, 0.3) is 11.0 Å². The van der Waals surface area contributed by atoms with Crippen LogP contribution in [0.4, 0.5) is 0 Å². The zero-order valence-electron chi connectivity index (χ0n) is 12.1. The van der Waals surface area contributed by atoms with Gasteiger partial charge in [-0.15, -0.1) is 0 Å². The van der Waals surface area contributed by atoms with Gasteiger partial charge in [-0.05, 0) is 12.1 Å². The van der Waals surface area contributed by atoms with Gasteiger partial charge < -0.3 is 19.9 Å². The number of ether oxygens (including phenoxy) is 1. The number of amides is 1. The van der Waals surface area contributed by atoms with Crippen molar-refractivity contribution in [2.45, 2.75) is 12.5 Å². The van der Waals surface area contributed by atoms with E-state index in [4.69, 9.17) is 4.74 Å². The summed E-state index contributed by atoms with van der Waals surface area (Å²) in [5.74, 6) is 0.970. The first-order valence-corrected chi connectivity index (χ1v) is 7.25. The van der Waals surface area contributed by atoms with E-state index in [-0.39, 0.29) is 11.9 Å². The Labute approximate surface area is 123 Å². The van der Waals surface area contributed by atoms with E-state index in [2.05, 4.69) is 20.2 Å². The molecule has 1 aliphatic heterocycles. The third kappa shape index (κ3) is 3.06. The van der Waals surface area contributed by atoms with Crippen molar-refractivity contribution < 1.29 is 9.53 Å². The van der Waals surface area contributed by atoms with Gasteiger partial charge in [0, 0.05) is 26.6 Å². The second-order valence-electron chi connectivity index (χ2n) is 5.20. The van der Waals surface area contributed by atoms with Crippen molar-refractivity contribution in [2.24, 2.45) is 7.05 Å². The normalized spacial score (nSPS) is 18.8. The summed E-state index contributed by atoms with van der Waals surface area (Å²) < 4.78 is 7.36. The highest BCUT2D eigenvalue weighted by Crippen LogP contribution is 2.14. The first-order valence-electron chi connectivity index (χ1n) is 7.25. The van der Waals surface area contributed by atoms with E-state index in [1.54, 1.807) is 0 Å². The predicted octanol–water partition coefficient (Wildman–Crippen LogP) is 0.220. The number of aryl methyl sites for hydroxylation is 1. The summed E-state index contributed by atoms with van der Waals surface area (Å²) in [6, 6.07) is 7.80. The van der Waals surface area contributed by atoms with Crippen LogP contribution in [-0.2, 0) is 23.0 Å². The van der Waals surface area contributed by atoms with Crippen LogP contribution < -0.4 is 10.6 Å². The van der Waals surface area contributed by atoms with E-state index in [1.807, 2.05) is 31.3 Å². The van der Waals surface area contributed by atoms with Gasteiger partial charge in [-0.25, -0.2) is 4.98 Å². The minimum absolute atomic E-state index is 0.00605.